The highest BCUT2D eigenvalue weighted by Gasteiger charge is 2.45. The van der Waals surface area contributed by atoms with Crippen LogP contribution in [0.3, 0.4) is 0 Å². The summed E-state index contributed by atoms with van der Waals surface area (Å²) in [6, 6.07) is 3.37. The summed E-state index contributed by atoms with van der Waals surface area (Å²) < 4.78 is 55.2. The summed E-state index contributed by atoms with van der Waals surface area (Å²) in [6.07, 6.45) is 2.26. The van der Waals surface area contributed by atoms with E-state index >= 15 is 0 Å². The summed E-state index contributed by atoms with van der Waals surface area (Å²) in [5, 5.41) is 7.08. The molecule has 0 aliphatic heterocycles. The van der Waals surface area contributed by atoms with E-state index in [4.69, 9.17) is 0 Å². The third kappa shape index (κ3) is 3.52. The normalized spacial score (nSPS) is 19.2. The Labute approximate surface area is 159 Å². The molecule has 150 valence electrons. The minimum Gasteiger partial charge on any atom is -0.309 e. The molecule has 28 heavy (non-hydrogen) atoms. The van der Waals surface area contributed by atoms with E-state index in [0.717, 1.165) is 30.9 Å². The number of nitrogens with zero attached hydrogens (tertiary/aromatic N) is 2. The number of amides is 1. The van der Waals surface area contributed by atoms with Gasteiger partial charge in [-0.25, -0.2) is 17.6 Å². The lowest BCUT2D eigenvalue weighted by molar-refractivity contribution is -0.129. The van der Waals surface area contributed by atoms with Crippen molar-refractivity contribution < 1.29 is 22.4 Å². The number of benzene rings is 1. The first-order chi connectivity index (χ1) is 13.2. The van der Waals surface area contributed by atoms with Crippen LogP contribution in [0.4, 0.5) is 23.4 Å². The van der Waals surface area contributed by atoms with Crippen molar-refractivity contribution in [2.24, 2.45) is 13.0 Å². The van der Waals surface area contributed by atoms with Gasteiger partial charge < -0.3 is 5.32 Å². The molecule has 8 heteroatoms. The molecule has 2 saturated carbocycles. The average Bonchev–Trinajstić information content (AvgIpc) is 2.80. The molecule has 2 aliphatic rings. The van der Waals surface area contributed by atoms with Gasteiger partial charge >= 0.3 is 0 Å². The number of hydrogen-bond acceptors (Lipinski definition) is 2. The minimum absolute atomic E-state index is 0.0104. The van der Waals surface area contributed by atoms with Crippen LogP contribution in [0.2, 0.25) is 0 Å². The van der Waals surface area contributed by atoms with Crippen LogP contribution >= 0.6 is 0 Å². The molecule has 4 rings (SSSR count). The topological polar surface area (TPSA) is 46.9 Å². The number of rotatable bonds is 5. The first kappa shape index (κ1) is 19.0. The number of carbonyl (C=O) groups excluding carboxylic acids is 1. The molecule has 2 aliphatic carbocycles. The second-order valence-electron chi connectivity index (χ2n) is 7.87. The van der Waals surface area contributed by atoms with Crippen LogP contribution in [0.15, 0.2) is 18.2 Å². The van der Waals surface area contributed by atoms with E-state index in [1.54, 1.807) is 7.05 Å². The Morgan fingerprint density at radius 3 is 2.57 bits per heavy atom. The fourth-order valence-electron chi connectivity index (χ4n) is 4.09. The van der Waals surface area contributed by atoms with Crippen LogP contribution in [0, 0.1) is 17.6 Å². The van der Waals surface area contributed by atoms with E-state index in [0.29, 0.717) is 11.5 Å². The number of hydrogen-bond donors (Lipinski definition) is 1. The SMILES string of the molecule is Cn1nc(NC(=O)CC2CC(F)(F)C2)c(C2CCC2)c1-c1ccc(F)cc1F. The number of nitrogens with one attached hydrogen (secondary N) is 1. The highest BCUT2D eigenvalue weighted by Crippen LogP contribution is 2.46. The van der Waals surface area contributed by atoms with Gasteiger partial charge in [0.25, 0.3) is 0 Å². The molecule has 0 radical (unpaired) electrons. The van der Waals surface area contributed by atoms with Crippen molar-refractivity contribution in [3.8, 4) is 11.3 Å². The molecule has 1 aromatic carbocycles. The van der Waals surface area contributed by atoms with E-state index in [1.165, 1.54) is 16.8 Å². The molecule has 0 unspecified atom stereocenters. The smallest absolute Gasteiger partial charge is 0.248 e. The van der Waals surface area contributed by atoms with Crippen LogP contribution in [0.1, 0.15) is 50.0 Å². The van der Waals surface area contributed by atoms with Crippen molar-refractivity contribution in [1.29, 1.82) is 0 Å². The second-order valence-corrected chi connectivity index (χ2v) is 7.87. The van der Waals surface area contributed by atoms with Crippen molar-refractivity contribution >= 4 is 11.7 Å². The van der Waals surface area contributed by atoms with E-state index in [9.17, 15) is 22.4 Å². The van der Waals surface area contributed by atoms with Crippen LogP contribution in [0.5, 0.6) is 0 Å². The Hall–Kier alpha value is -2.38. The zero-order valence-electron chi connectivity index (χ0n) is 15.4. The summed E-state index contributed by atoms with van der Waals surface area (Å²) in [6.45, 7) is 0. The predicted octanol–water partition coefficient (Wildman–Crippen LogP) is 5.01. The molecule has 1 amide bonds. The highest BCUT2D eigenvalue weighted by molar-refractivity contribution is 5.92. The van der Waals surface area contributed by atoms with E-state index < -0.39 is 17.6 Å². The molecule has 2 aromatic rings. The Balaban J connectivity index is 1.62. The predicted molar refractivity (Wildman–Crippen MR) is 96.1 cm³/mol. The van der Waals surface area contributed by atoms with Gasteiger partial charge in [-0.3, -0.25) is 9.48 Å². The molecule has 1 heterocycles. The Kier molecular flexibility index (Phi) is 4.67. The fraction of sp³-hybridized carbons (Fsp3) is 0.500. The fourth-order valence-corrected chi connectivity index (χ4v) is 4.09. The summed E-state index contributed by atoms with van der Waals surface area (Å²) in [5.41, 5.74) is 1.46. The molecule has 2 fully saturated rings. The zero-order chi connectivity index (χ0) is 20.1. The number of halogens is 4. The molecular formula is C20H21F4N3O. The van der Waals surface area contributed by atoms with Crippen LogP contribution < -0.4 is 5.32 Å². The second kappa shape index (κ2) is 6.90. The molecule has 1 aromatic heterocycles. The first-order valence-corrected chi connectivity index (χ1v) is 9.43. The van der Waals surface area contributed by atoms with E-state index in [-0.39, 0.29) is 42.6 Å². The summed E-state index contributed by atoms with van der Waals surface area (Å²) in [4.78, 5) is 12.3. The monoisotopic (exact) mass is 395 g/mol. The number of anilines is 1. The standard InChI is InChI=1S/C20H21F4N3O/c1-27-18(14-6-5-13(21)8-15(14)22)17(12-3-2-4-12)19(26-27)25-16(28)7-11-9-20(23,24)10-11/h5-6,8,11-12H,2-4,7,9-10H2,1H3,(H,25,26,28). The van der Waals surface area contributed by atoms with Gasteiger partial charge in [-0.1, -0.05) is 6.42 Å². The number of carbonyl (C=O) groups is 1. The van der Waals surface area contributed by atoms with Crippen LogP contribution in [0.25, 0.3) is 11.3 Å². The molecule has 0 saturated heterocycles. The molecule has 0 atom stereocenters. The molecular weight excluding hydrogens is 374 g/mol. The molecule has 0 spiro atoms. The Morgan fingerprint density at radius 1 is 1.29 bits per heavy atom. The third-order valence-electron chi connectivity index (χ3n) is 5.69. The summed E-state index contributed by atoms with van der Waals surface area (Å²) in [5.74, 6) is -4.28. The largest absolute Gasteiger partial charge is 0.309 e. The maximum atomic E-state index is 14.4. The molecule has 4 nitrogen and oxygen atoms in total. The maximum absolute atomic E-state index is 14.4. The van der Waals surface area contributed by atoms with Gasteiger partial charge in [0.15, 0.2) is 5.82 Å². The molecule has 0 bridgehead atoms. The third-order valence-corrected chi connectivity index (χ3v) is 5.69. The summed E-state index contributed by atoms with van der Waals surface area (Å²) >= 11 is 0. The van der Waals surface area contributed by atoms with Gasteiger partial charge in [0, 0.05) is 43.5 Å². The Bertz CT molecular complexity index is 912. The highest BCUT2D eigenvalue weighted by atomic mass is 19.3. The minimum atomic E-state index is -2.67. The number of aromatic nitrogens is 2. The quantitative estimate of drug-likeness (QED) is 0.724. The Morgan fingerprint density at radius 2 is 2.00 bits per heavy atom. The van der Waals surface area contributed by atoms with Crippen molar-refractivity contribution in [3.05, 3.63) is 35.4 Å². The van der Waals surface area contributed by atoms with Crippen LogP contribution in [-0.2, 0) is 11.8 Å². The van der Waals surface area contributed by atoms with Gasteiger partial charge in [-0.2, -0.15) is 5.10 Å². The average molecular weight is 395 g/mol. The molecule has 1 N–H and O–H groups in total. The lowest BCUT2D eigenvalue weighted by Crippen LogP contribution is -2.37. The maximum Gasteiger partial charge on any atom is 0.248 e. The van der Waals surface area contributed by atoms with Crippen molar-refractivity contribution in [2.45, 2.75) is 50.4 Å². The van der Waals surface area contributed by atoms with Gasteiger partial charge in [0.05, 0.1) is 5.69 Å². The van der Waals surface area contributed by atoms with Gasteiger partial charge in [0.2, 0.25) is 11.8 Å². The van der Waals surface area contributed by atoms with Crippen molar-refractivity contribution in [2.75, 3.05) is 5.32 Å². The van der Waals surface area contributed by atoms with Crippen molar-refractivity contribution in [1.82, 2.24) is 9.78 Å². The summed E-state index contributed by atoms with van der Waals surface area (Å²) in [7, 11) is 1.64. The van der Waals surface area contributed by atoms with Gasteiger partial charge in [0.1, 0.15) is 11.6 Å². The first-order valence-electron chi connectivity index (χ1n) is 9.43. The lowest BCUT2D eigenvalue weighted by Gasteiger charge is -2.34. The zero-order valence-corrected chi connectivity index (χ0v) is 15.4. The van der Waals surface area contributed by atoms with Crippen molar-refractivity contribution in [3.63, 3.8) is 0 Å². The lowest BCUT2D eigenvalue weighted by atomic mass is 9.78. The number of alkyl halides is 2. The van der Waals surface area contributed by atoms with Crippen LogP contribution in [-0.4, -0.2) is 21.6 Å². The van der Waals surface area contributed by atoms with Gasteiger partial charge in [-0.05, 0) is 36.8 Å². The van der Waals surface area contributed by atoms with E-state index in [1.807, 2.05) is 0 Å². The van der Waals surface area contributed by atoms with Gasteiger partial charge in [-0.15, -0.1) is 0 Å². The number of aryl methyl sites for hydroxylation is 1. The van der Waals surface area contributed by atoms with E-state index in [2.05, 4.69) is 10.4 Å².